The molecule has 5 rings (SSSR count). The zero-order valence-electron chi connectivity index (χ0n) is 18.8. The Morgan fingerprint density at radius 3 is 2.71 bits per heavy atom. The maximum Gasteiger partial charge on any atom is 0.573 e. The van der Waals surface area contributed by atoms with Crippen LogP contribution >= 0.6 is 12.4 Å². The standard InChI is InChI=1S/C23H24F3N7O.ClH/c24-23(25,26)34-17-4-9-29-18(11-17)30-19-12-20(32-21(31-19)16-3-1-7-27-13-16)33-10-6-22(15-33)5-2-8-28-14-22;/h1,3-4,7,9,11-13,28H,2,5-6,8,10,14-15H2,(H,29,30,31,32);1H. The van der Waals surface area contributed by atoms with Crippen LogP contribution in [0.2, 0.25) is 0 Å². The Balaban J connectivity index is 0.00000289. The highest BCUT2D eigenvalue weighted by Crippen LogP contribution is 2.39. The summed E-state index contributed by atoms with van der Waals surface area (Å²) in [5, 5.41) is 6.52. The summed E-state index contributed by atoms with van der Waals surface area (Å²) in [6.07, 6.45) is 3.22. The second-order valence-electron chi connectivity index (χ2n) is 8.68. The van der Waals surface area contributed by atoms with E-state index in [1.54, 1.807) is 24.5 Å². The van der Waals surface area contributed by atoms with E-state index in [1.807, 2.05) is 6.07 Å². The molecule has 0 radical (unpaired) electrons. The number of anilines is 3. The van der Waals surface area contributed by atoms with Gasteiger partial charge in [-0.25, -0.2) is 15.0 Å². The lowest BCUT2D eigenvalue weighted by Gasteiger charge is -2.34. The highest BCUT2D eigenvalue weighted by Gasteiger charge is 2.39. The molecule has 2 fully saturated rings. The van der Waals surface area contributed by atoms with E-state index >= 15 is 0 Å². The lowest BCUT2D eigenvalue weighted by Crippen LogP contribution is -2.42. The molecule has 1 spiro atoms. The fraction of sp³-hybridized carbons (Fsp3) is 0.391. The number of ether oxygens (including phenoxy) is 1. The van der Waals surface area contributed by atoms with Gasteiger partial charge >= 0.3 is 6.36 Å². The maximum absolute atomic E-state index is 12.6. The van der Waals surface area contributed by atoms with Crippen molar-refractivity contribution in [3.63, 3.8) is 0 Å². The Hall–Kier alpha value is -3.18. The van der Waals surface area contributed by atoms with Gasteiger partial charge in [0.1, 0.15) is 23.2 Å². The summed E-state index contributed by atoms with van der Waals surface area (Å²) in [6, 6.07) is 7.79. The fourth-order valence-electron chi connectivity index (χ4n) is 4.60. The summed E-state index contributed by atoms with van der Waals surface area (Å²) in [5.74, 6) is 1.46. The average molecular weight is 508 g/mol. The van der Waals surface area contributed by atoms with Crippen LogP contribution < -0.4 is 20.3 Å². The van der Waals surface area contributed by atoms with Crippen molar-refractivity contribution in [2.45, 2.75) is 25.6 Å². The molecular formula is C23H25ClF3N7O. The molecule has 2 aliphatic rings. The lowest BCUT2D eigenvalue weighted by atomic mass is 9.80. The van der Waals surface area contributed by atoms with Crippen LogP contribution in [0, 0.1) is 5.41 Å². The predicted octanol–water partition coefficient (Wildman–Crippen LogP) is 4.58. The Bertz CT molecular complexity index is 1140. The average Bonchev–Trinajstić information content (AvgIpc) is 3.22. The summed E-state index contributed by atoms with van der Waals surface area (Å²) < 4.78 is 41.9. The Kier molecular flexibility index (Phi) is 7.27. The minimum atomic E-state index is -4.78. The number of rotatable bonds is 5. The molecule has 2 N–H and O–H groups in total. The van der Waals surface area contributed by atoms with Gasteiger partial charge in [-0.15, -0.1) is 25.6 Å². The summed E-state index contributed by atoms with van der Waals surface area (Å²) >= 11 is 0. The Morgan fingerprint density at radius 1 is 1.09 bits per heavy atom. The molecule has 0 aromatic carbocycles. The zero-order valence-corrected chi connectivity index (χ0v) is 19.6. The van der Waals surface area contributed by atoms with Gasteiger partial charge in [-0.05, 0) is 44.0 Å². The van der Waals surface area contributed by atoms with Gasteiger partial charge < -0.3 is 20.3 Å². The molecule has 12 heteroatoms. The first-order valence-corrected chi connectivity index (χ1v) is 11.1. The van der Waals surface area contributed by atoms with Gasteiger partial charge in [-0.2, -0.15) is 0 Å². The summed E-state index contributed by atoms with van der Waals surface area (Å²) in [7, 11) is 0. The molecule has 1 atom stereocenters. The zero-order chi connectivity index (χ0) is 23.6. The third-order valence-corrected chi connectivity index (χ3v) is 6.18. The monoisotopic (exact) mass is 507 g/mol. The van der Waals surface area contributed by atoms with Crippen molar-refractivity contribution in [2.75, 3.05) is 36.4 Å². The maximum atomic E-state index is 12.6. The quantitative estimate of drug-likeness (QED) is 0.519. The molecule has 3 aromatic rings. The van der Waals surface area contributed by atoms with Gasteiger partial charge in [0.05, 0.1) is 0 Å². The first-order valence-electron chi connectivity index (χ1n) is 11.1. The van der Waals surface area contributed by atoms with Crippen LogP contribution in [0.25, 0.3) is 11.4 Å². The second-order valence-corrected chi connectivity index (χ2v) is 8.68. The third kappa shape index (κ3) is 6.09. The number of hydrogen-bond acceptors (Lipinski definition) is 8. The van der Waals surface area contributed by atoms with Gasteiger partial charge in [-0.1, -0.05) is 0 Å². The van der Waals surface area contributed by atoms with E-state index in [0.717, 1.165) is 56.5 Å². The molecule has 0 amide bonds. The van der Waals surface area contributed by atoms with Crippen LogP contribution in [0.15, 0.2) is 48.9 Å². The molecule has 2 aliphatic heterocycles. The number of nitrogens with zero attached hydrogens (tertiary/aromatic N) is 5. The Labute approximate surface area is 206 Å². The minimum Gasteiger partial charge on any atom is -0.406 e. The molecule has 2 saturated heterocycles. The molecule has 5 heterocycles. The van der Waals surface area contributed by atoms with E-state index in [1.165, 1.54) is 18.7 Å². The number of nitrogens with one attached hydrogen (secondary N) is 2. The van der Waals surface area contributed by atoms with E-state index in [0.29, 0.717) is 11.6 Å². The first kappa shape index (κ1) is 24.9. The third-order valence-electron chi connectivity index (χ3n) is 6.18. The number of aromatic nitrogens is 4. The number of pyridine rings is 2. The van der Waals surface area contributed by atoms with Gasteiger partial charge in [-0.3, -0.25) is 4.98 Å². The summed E-state index contributed by atoms with van der Waals surface area (Å²) in [6.45, 7) is 3.80. The van der Waals surface area contributed by atoms with Crippen LogP contribution in [0.5, 0.6) is 5.75 Å². The lowest BCUT2D eigenvalue weighted by molar-refractivity contribution is -0.274. The fourth-order valence-corrected chi connectivity index (χ4v) is 4.60. The summed E-state index contributed by atoms with van der Waals surface area (Å²) in [5.41, 5.74) is 0.971. The summed E-state index contributed by atoms with van der Waals surface area (Å²) in [4.78, 5) is 19.9. The van der Waals surface area contributed by atoms with E-state index in [4.69, 9.17) is 4.98 Å². The van der Waals surface area contributed by atoms with Gasteiger partial charge in [0, 0.05) is 61.3 Å². The molecule has 8 nitrogen and oxygen atoms in total. The normalized spacial score (nSPS) is 19.9. The molecule has 0 saturated carbocycles. The SMILES string of the molecule is Cl.FC(F)(F)Oc1ccnc(Nc2cc(N3CCC4(CCCNC4)C3)nc(-c3cccnc3)n2)c1. The van der Waals surface area contributed by atoms with E-state index in [2.05, 4.69) is 35.2 Å². The van der Waals surface area contributed by atoms with E-state index < -0.39 is 6.36 Å². The molecule has 35 heavy (non-hydrogen) atoms. The van der Waals surface area contributed by atoms with Crippen LogP contribution in [0.3, 0.4) is 0 Å². The van der Waals surface area contributed by atoms with Crippen molar-refractivity contribution in [1.29, 1.82) is 0 Å². The van der Waals surface area contributed by atoms with Gasteiger partial charge in [0.2, 0.25) is 0 Å². The predicted molar refractivity (Wildman–Crippen MR) is 128 cm³/mol. The number of alkyl halides is 3. The van der Waals surface area contributed by atoms with Crippen LogP contribution in [0.1, 0.15) is 19.3 Å². The van der Waals surface area contributed by atoms with Crippen molar-refractivity contribution in [1.82, 2.24) is 25.3 Å². The van der Waals surface area contributed by atoms with Crippen molar-refractivity contribution < 1.29 is 17.9 Å². The van der Waals surface area contributed by atoms with Gasteiger partial charge in [0.25, 0.3) is 0 Å². The molecule has 0 aliphatic carbocycles. The van der Waals surface area contributed by atoms with Gasteiger partial charge in [0.15, 0.2) is 5.82 Å². The van der Waals surface area contributed by atoms with Crippen molar-refractivity contribution in [3.8, 4) is 17.1 Å². The van der Waals surface area contributed by atoms with Crippen molar-refractivity contribution in [2.24, 2.45) is 5.41 Å². The minimum absolute atomic E-state index is 0. The number of hydrogen-bond donors (Lipinski definition) is 2. The molecule has 3 aromatic heterocycles. The van der Waals surface area contributed by atoms with Crippen molar-refractivity contribution >= 4 is 29.9 Å². The Morgan fingerprint density at radius 2 is 1.97 bits per heavy atom. The highest BCUT2D eigenvalue weighted by atomic mass is 35.5. The van der Waals surface area contributed by atoms with E-state index in [-0.39, 0.29) is 29.4 Å². The number of halogens is 4. The first-order chi connectivity index (χ1) is 16.4. The highest BCUT2D eigenvalue weighted by molar-refractivity contribution is 5.85. The van der Waals surface area contributed by atoms with Crippen LogP contribution in [-0.4, -0.2) is 52.5 Å². The number of piperidine rings is 1. The van der Waals surface area contributed by atoms with E-state index in [9.17, 15) is 13.2 Å². The van der Waals surface area contributed by atoms with Crippen molar-refractivity contribution in [3.05, 3.63) is 48.9 Å². The largest absolute Gasteiger partial charge is 0.573 e. The second kappa shape index (κ2) is 10.2. The molecule has 0 bridgehead atoms. The smallest absolute Gasteiger partial charge is 0.406 e. The molecular weight excluding hydrogens is 483 g/mol. The molecule has 1 unspecified atom stereocenters. The molecule has 186 valence electrons. The van der Waals surface area contributed by atoms with Crippen LogP contribution in [0.4, 0.5) is 30.6 Å². The topological polar surface area (TPSA) is 88.1 Å². The van der Waals surface area contributed by atoms with Crippen LogP contribution in [-0.2, 0) is 0 Å².